The highest BCUT2D eigenvalue weighted by molar-refractivity contribution is 7.98. The van der Waals surface area contributed by atoms with Gasteiger partial charge in [0.05, 0.1) is 18.3 Å². The molecule has 2 fully saturated rings. The number of carbonyl (C=O) groups excluding carboxylic acids is 1. The van der Waals surface area contributed by atoms with E-state index in [0.717, 1.165) is 23.5 Å². The Kier molecular flexibility index (Phi) is 4.52. The van der Waals surface area contributed by atoms with Gasteiger partial charge in [0.25, 0.3) is 5.91 Å². The molecule has 1 heterocycles. The van der Waals surface area contributed by atoms with Gasteiger partial charge in [0.2, 0.25) is 0 Å². The summed E-state index contributed by atoms with van der Waals surface area (Å²) in [7, 11) is 1.70. The van der Waals surface area contributed by atoms with Gasteiger partial charge < -0.3 is 14.8 Å². The molecule has 1 saturated heterocycles. The molecule has 4 atom stereocenters. The fourth-order valence-electron chi connectivity index (χ4n) is 3.50. The molecule has 1 aromatic carbocycles. The first kappa shape index (κ1) is 14.9. The second kappa shape index (κ2) is 6.38. The van der Waals surface area contributed by atoms with Crippen LogP contribution in [-0.2, 0) is 9.47 Å². The van der Waals surface area contributed by atoms with Gasteiger partial charge in [-0.3, -0.25) is 4.79 Å². The maximum absolute atomic E-state index is 12.6. The highest BCUT2D eigenvalue weighted by atomic mass is 32.2. The molecule has 4 nitrogen and oxygen atoms in total. The Labute approximate surface area is 129 Å². The number of methoxy groups -OCH3 is 1. The Hall–Kier alpha value is -1.04. The maximum atomic E-state index is 12.6. The van der Waals surface area contributed by atoms with Crippen LogP contribution in [0.25, 0.3) is 0 Å². The molecule has 3 rings (SSSR count). The monoisotopic (exact) mass is 307 g/mol. The van der Waals surface area contributed by atoms with Gasteiger partial charge in [-0.2, -0.15) is 0 Å². The molecule has 1 N–H and O–H groups in total. The van der Waals surface area contributed by atoms with Gasteiger partial charge in [-0.15, -0.1) is 11.8 Å². The summed E-state index contributed by atoms with van der Waals surface area (Å²) < 4.78 is 11.0. The molecule has 1 aliphatic carbocycles. The fraction of sp³-hybridized carbons (Fsp3) is 0.562. The Morgan fingerprint density at radius 1 is 1.48 bits per heavy atom. The molecule has 1 aromatic rings. The highest BCUT2D eigenvalue weighted by Gasteiger charge is 2.54. The van der Waals surface area contributed by atoms with E-state index in [0.29, 0.717) is 12.5 Å². The number of rotatable bonds is 5. The van der Waals surface area contributed by atoms with E-state index in [2.05, 4.69) is 5.32 Å². The van der Waals surface area contributed by atoms with Gasteiger partial charge in [-0.05, 0) is 24.8 Å². The molecule has 0 aromatic heterocycles. The van der Waals surface area contributed by atoms with Gasteiger partial charge in [-0.25, -0.2) is 0 Å². The summed E-state index contributed by atoms with van der Waals surface area (Å²) in [4.78, 5) is 13.6. The van der Waals surface area contributed by atoms with Crippen molar-refractivity contribution in [1.82, 2.24) is 5.32 Å². The van der Waals surface area contributed by atoms with Crippen LogP contribution in [0, 0.1) is 11.8 Å². The average molecular weight is 307 g/mol. The van der Waals surface area contributed by atoms with Gasteiger partial charge in [-0.1, -0.05) is 12.1 Å². The number of hydrogen-bond acceptors (Lipinski definition) is 4. The summed E-state index contributed by atoms with van der Waals surface area (Å²) in [6, 6.07) is 7.90. The molecule has 114 valence electrons. The summed E-state index contributed by atoms with van der Waals surface area (Å²) in [6.45, 7) is 1.43. The number of nitrogens with one attached hydrogen (secondary N) is 1. The predicted octanol–water partition coefficient (Wildman–Crippen LogP) is 2.19. The van der Waals surface area contributed by atoms with E-state index in [1.807, 2.05) is 30.5 Å². The lowest BCUT2D eigenvalue weighted by atomic mass is 9.67. The number of thioether (sulfide) groups is 1. The van der Waals surface area contributed by atoms with Crippen molar-refractivity contribution < 1.29 is 14.3 Å². The van der Waals surface area contributed by atoms with E-state index in [1.165, 1.54) is 0 Å². The number of amides is 1. The lowest BCUT2D eigenvalue weighted by Crippen LogP contribution is -2.62. The second-order valence-corrected chi connectivity index (χ2v) is 6.45. The molecular weight excluding hydrogens is 286 g/mol. The third-order valence-electron chi connectivity index (χ3n) is 4.54. The first-order valence-corrected chi connectivity index (χ1v) is 8.53. The van der Waals surface area contributed by atoms with E-state index >= 15 is 0 Å². The summed E-state index contributed by atoms with van der Waals surface area (Å²) in [6.07, 6.45) is 3.27. The standard InChI is InChI=1S/C16H21NO3S/c1-19-9-12-14(11-7-8-20-15(11)12)17-16(18)10-5-3-4-6-13(10)21-2/h3-6,11-12,14-15H,7-9H2,1-2H3,(H,17,18)/t11-,12-,14-,15-/m1/s1. The Morgan fingerprint density at radius 2 is 2.29 bits per heavy atom. The third-order valence-corrected chi connectivity index (χ3v) is 5.33. The van der Waals surface area contributed by atoms with Crippen LogP contribution in [-0.4, -0.2) is 44.6 Å². The number of carbonyl (C=O) groups is 1. The fourth-order valence-corrected chi connectivity index (χ4v) is 4.09. The van der Waals surface area contributed by atoms with Crippen LogP contribution in [0.3, 0.4) is 0 Å². The van der Waals surface area contributed by atoms with Crippen LogP contribution < -0.4 is 5.32 Å². The molecule has 1 saturated carbocycles. The van der Waals surface area contributed by atoms with Crippen molar-refractivity contribution >= 4 is 17.7 Å². The molecule has 0 spiro atoms. The molecule has 1 amide bonds. The number of fused-ring (bicyclic) bond motifs is 1. The van der Waals surface area contributed by atoms with E-state index < -0.39 is 0 Å². The average Bonchev–Trinajstić information content (AvgIpc) is 2.94. The summed E-state index contributed by atoms with van der Waals surface area (Å²) in [5.41, 5.74) is 0.753. The van der Waals surface area contributed by atoms with E-state index in [9.17, 15) is 4.79 Å². The van der Waals surface area contributed by atoms with Crippen LogP contribution in [0.4, 0.5) is 0 Å². The van der Waals surface area contributed by atoms with Gasteiger partial charge in [0, 0.05) is 36.5 Å². The topological polar surface area (TPSA) is 47.6 Å². The minimum Gasteiger partial charge on any atom is -0.384 e. The number of benzene rings is 1. The maximum Gasteiger partial charge on any atom is 0.252 e. The molecule has 0 unspecified atom stereocenters. The van der Waals surface area contributed by atoms with E-state index in [-0.39, 0.29) is 24.0 Å². The van der Waals surface area contributed by atoms with Crippen LogP contribution in [0.1, 0.15) is 16.8 Å². The molecule has 0 bridgehead atoms. The molecule has 21 heavy (non-hydrogen) atoms. The van der Waals surface area contributed by atoms with Crippen LogP contribution in [0.5, 0.6) is 0 Å². The van der Waals surface area contributed by atoms with Crippen molar-refractivity contribution in [2.75, 3.05) is 26.6 Å². The molecule has 0 radical (unpaired) electrons. The summed E-state index contributed by atoms with van der Waals surface area (Å²) in [5, 5.41) is 3.20. The first-order chi connectivity index (χ1) is 10.3. The Morgan fingerprint density at radius 3 is 3.05 bits per heavy atom. The van der Waals surface area contributed by atoms with E-state index in [4.69, 9.17) is 9.47 Å². The lowest BCUT2D eigenvalue weighted by Gasteiger charge is -2.47. The van der Waals surface area contributed by atoms with Crippen LogP contribution in [0.15, 0.2) is 29.2 Å². The highest BCUT2D eigenvalue weighted by Crippen LogP contribution is 2.43. The van der Waals surface area contributed by atoms with Crippen LogP contribution in [0.2, 0.25) is 0 Å². The largest absolute Gasteiger partial charge is 0.384 e. The first-order valence-electron chi connectivity index (χ1n) is 7.30. The van der Waals surface area contributed by atoms with Gasteiger partial charge >= 0.3 is 0 Å². The Balaban J connectivity index is 1.72. The normalized spacial score (nSPS) is 30.6. The van der Waals surface area contributed by atoms with Crippen molar-refractivity contribution in [3.8, 4) is 0 Å². The molecular formula is C16H21NO3S. The summed E-state index contributed by atoms with van der Waals surface area (Å²) >= 11 is 1.60. The quantitative estimate of drug-likeness (QED) is 0.847. The predicted molar refractivity (Wildman–Crippen MR) is 82.7 cm³/mol. The van der Waals surface area contributed by atoms with Crippen molar-refractivity contribution in [3.63, 3.8) is 0 Å². The van der Waals surface area contributed by atoms with Gasteiger partial charge in [0.1, 0.15) is 0 Å². The SMILES string of the molecule is COC[C@@H]1[C@H](NC(=O)c2ccccc2SC)[C@H]2CCO[C@H]21. The Bertz CT molecular complexity index is 522. The molecule has 2 aliphatic rings. The van der Waals surface area contributed by atoms with Crippen molar-refractivity contribution in [2.24, 2.45) is 11.8 Å². The zero-order valence-corrected chi connectivity index (χ0v) is 13.2. The van der Waals surface area contributed by atoms with Crippen molar-refractivity contribution in [2.45, 2.75) is 23.5 Å². The molecule has 1 aliphatic heterocycles. The number of ether oxygens (including phenoxy) is 2. The van der Waals surface area contributed by atoms with E-state index in [1.54, 1.807) is 18.9 Å². The zero-order chi connectivity index (χ0) is 14.8. The molecule has 5 heteroatoms. The second-order valence-electron chi connectivity index (χ2n) is 5.61. The van der Waals surface area contributed by atoms with Crippen molar-refractivity contribution in [3.05, 3.63) is 29.8 Å². The van der Waals surface area contributed by atoms with Gasteiger partial charge in [0.15, 0.2) is 0 Å². The minimum absolute atomic E-state index is 0.0106. The van der Waals surface area contributed by atoms with Crippen molar-refractivity contribution in [1.29, 1.82) is 0 Å². The lowest BCUT2D eigenvalue weighted by molar-refractivity contribution is -0.0809. The third kappa shape index (κ3) is 2.70. The summed E-state index contributed by atoms with van der Waals surface area (Å²) in [5.74, 6) is 0.722. The number of hydrogen-bond donors (Lipinski definition) is 1. The smallest absolute Gasteiger partial charge is 0.252 e. The zero-order valence-electron chi connectivity index (χ0n) is 12.4. The van der Waals surface area contributed by atoms with Crippen LogP contribution >= 0.6 is 11.8 Å². The minimum atomic E-state index is 0.0106.